The number of carboxylic acids is 1. The first-order valence-corrected chi connectivity index (χ1v) is 3.12. The predicted octanol–water partition coefficient (Wildman–Crippen LogP) is 1.43. The second-order valence-electron chi connectivity index (χ2n) is 1.86. The first-order valence-electron chi connectivity index (χ1n) is 3.12. The average molecular weight is 138 g/mol. The molecule has 0 fully saturated rings. The summed E-state index contributed by atoms with van der Waals surface area (Å²) in [7, 11) is 0. The number of unbranched alkanes of at least 4 members (excludes halogenated alkanes) is 1. The standard InChI is InChI=1S/C8H10O2/c1-3-5-6-7(4-2)8(9)10/h2,6H,3,5H2,1H3,(H,9,10). The van der Waals surface area contributed by atoms with E-state index in [9.17, 15) is 4.79 Å². The molecule has 0 rings (SSSR count). The van der Waals surface area contributed by atoms with Gasteiger partial charge in [-0.2, -0.15) is 0 Å². The SMILES string of the molecule is C#CC(=CCCC)C(=O)O. The fourth-order valence-electron chi connectivity index (χ4n) is 0.497. The fourth-order valence-corrected chi connectivity index (χ4v) is 0.497. The number of terminal acetylenes is 1. The lowest BCUT2D eigenvalue weighted by Gasteiger charge is -1.89. The van der Waals surface area contributed by atoms with E-state index in [2.05, 4.69) is 5.92 Å². The molecule has 0 amide bonds. The molecule has 2 nitrogen and oxygen atoms in total. The van der Waals surface area contributed by atoms with Crippen molar-refractivity contribution in [3.63, 3.8) is 0 Å². The molecule has 0 aromatic carbocycles. The van der Waals surface area contributed by atoms with Crippen LogP contribution >= 0.6 is 0 Å². The van der Waals surface area contributed by atoms with E-state index in [4.69, 9.17) is 11.5 Å². The Morgan fingerprint density at radius 1 is 1.80 bits per heavy atom. The molecule has 0 aromatic heterocycles. The molecule has 0 aliphatic carbocycles. The second-order valence-corrected chi connectivity index (χ2v) is 1.86. The van der Waals surface area contributed by atoms with Gasteiger partial charge in [0, 0.05) is 0 Å². The minimum absolute atomic E-state index is 0.0573. The Hall–Kier alpha value is -1.23. The highest BCUT2D eigenvalue weighted by Crippen LogP contribution is 1.96. The molecule has 0 aromatic rings. The maximum atomic E-state index is 10.2. The molecule has 10 heavy (non-hydrogen) atoms. The number of carbonyl (C=O) groups is 1. The summed E-state index contributed by atoms with van der Waals surface area (Å²) in [5.74, 6) is 1.08. The molecule has 0 aliphatic heterocycles. The molecule has 0 spiro atoms. The highest BCUT2D eigenvalue weighted by Gasteiger charge is 1.99. The molecule has 0 saturated heterocycles. The van der Waals surface area contributed by atoms with Gasteiger partial charge in [-0.25, -0.2) is 4.79 Å². The van der Waals surface area contributed by atoms with E-state index >= 15 is 0 Å². The molecule has 1 N–H and O–H groups in total. The maximum Gasteiger partial charge on any atom is 0.343 e. The monoisotopic (exact) mass is 138 g/mol. The lowest BCUT2D eigenvalue weighted by molar-refractivity contribution is -0.132. The molecule has 0 unspecified atom stereocenters. The zero-order chi connectivity index (χ0) is 7.98. The van der Waals surface area contributed by atoms with Gasteiger partial charge in [0.05, 0.1) is 0 Å². The van der Waals surface area contributed by atoms with Crippen LogP contribution in [0.25, 0.3) is 0 Å². The van der Waals surface area contributed by atoms with Crippen LogP contribution in [0.3, 0.4) is 0 Å². The number of carboxylic acid groups (broad SMARTS) is 1. The zero-order valence-electron chi connectivity index (χ0n) is 5.92. The second kappa shape index (κ2) is 4.63. The van der Waals surface area contributed by atoms with Crippen molar-refractivity contribution in [2.75, 3.05) is 0 Å². The number of hydrogen-bond acceptors (Lipinski definition) is 1. The van der Waals surface area contributed by atoms with Gasteiger partial charge in [-0.1, -0.05) is 25.3 Å². The Kier molecular flexibility index (Phi) is 4.06. The molecule has 0 saturated carbocycles. The van der Waals surface area contributed by atoms with Crippen LogP contribution in [0.4, 0.5) is 0 Å². The van der Waals surface area contributed by atoms with Gasteiger partial charge < -0.3 is 5.11 Å². The number of rotatable bonds is 3. The van der Waals surface area contributed by atoms with Gasteiger partial charge in [-0.05, 0) is 6.42 Å². The average Bonchev–Trinajstić information content (AvgIpc) is 1.89. The van der Waals surface area contributed by atoms with Crippen molar-refractivity contribution >= 4 is 5.97 Å². The van der Waals surface area contributed by atoms with Crippen LogP contribution in [-0.2, 0) is 4.79 Å². The topological polar surface area (TPSA) is 37.3 Å². The predicted molar refractivity (Wildman–Crippen MR) is 39.5 cm³/mol. The van der Waals surface area contributed by atoms with Gasteiger partial charge in [0.2, 0.25) is 0 Å². The highest BCUT2D eigenvalue weighted by molar-refractivity contribution is 5.91. The third kappa shape index (κ3) is 2.93. The smallest absolute Gasteiger partial charge is 0.343 e. The Labute approximate surface area is 60.6 Å². The Balaban J connectivity index is 4.09. The van der Waals surface area contributed by atoms with E-state index in [-0.39, 0.29) is 5.57 Å². The molecule has 0 radical (unpaired) electrons. The lowest BCUT2D eigenvalue weighted by atomic mass is 10.2. The first-order chi connectivity index (χ1) is 4.72. The van der Waals surface area contributed by atoms with Crippen molar-refractivity contribution in [2.45, 2.75) is 19.8 Å². The van der Waals surface area contributed by atoms with Gasteiger partial charge >= 0.3 is 5.97 Å². The van der Waals surface area contributed by atoms with Crippen molar-refractivity contribution in [2.24, 2.45) is 0 Å². The summed E-state index contributed by atoms with van der Waals surface area (Å²) in [6.45, 7) is 1.96. The maximum absolute atomic E-state index is 10.2. The van der Waals surface area contributed by atoms with Crippen LogP contribution in [-0.4, -0.2) is 11.1 Å². The molecule has 0 heterocycles. The van der Waals surface area contributed by atoms with Gasteiger partial charge in [-0.3, -0.25) is 0 Å². The van der Waals surface area contributed by atoms with Crippen LogP contribution in [0.15, 0.2) is 11.6 Å². The van der Waals surface area contributed by atoms with Crippen LogP contribution in [0.1, 0.15) is 19.8 Å². The van der Waals surface area contributed by atoms with E-state index in [0.29, 0.717) is 0 Å². The quantitative estimate of drug-likeness (QED) is 0.473. The van der Waals surface area contributed by atoms with Crippen molar-refractivity contribution < 1.29 is 9.90 Å². The fraction of sp³-hybridized carbons (Fsp3) is 0.375. The normalized spacial score (nSPS) is 10.6. The Bertz CT molecular complexity index is 184. The summed E-state index contributed by atoms with van der Waals surface area (Å²) in [5.41, 5.74) is 0.0573. The number of allylic oxidation sites excluding steroid dienone is 1. The van der Waals surface area contributed by atoms with E-state index in [1.54, 1.807) is 6.08 Å². The van der Waals surface area contributed by atoms with Gasteiger partial charge in [-0.15, -0.1) is 6.42 Å². The van der Waals surface area contributed by atoms with Crippen LogP contribution in [0.5, 0.6) is 0 Å². The first kappa shape index (κ1) is 8.77. The minimum atomic E-state index is -1.02. The minimum Gasteiger partial charge on any atom is -0.477 e. The summed E-state index contributed by atoms with van der Waals surface area (Å²) in [5, 5.41) is 8.39. The van der Waals surface area contributed by atoms with Crippen LogP contribution in [0.2, 0.25) is 0 Å². The number of aliphatic carboxylic acids is 1. The van der Waals surface area contributed by atoms with E-state index < -0.39 is 5.97 Å². The summed E-state index contributed by atoms with van der Waals surface area (Å²) in [4.78, 5) is 10.2. The van der Waals surface area contributed by atoms with E-state index in [1.807, 2.05) is 6.92 Å². The largest absolute Gasteiger partial charge is 0.477 e. The molecule has 0 bridgehead atoms. The molecule has 2 heteroatoms. The van der Waals surface area contributed by atoms with Crippen molar-refractivity contribution in [3.05, 3.63) is 11.6 Å². The molecular weight excluding hydrogens is 128 g/mol. The Morgan fingerprint density at radius 2 is 2.40 bits per heavy atom. The zero-order valence-corrected chi connectivity index (χ0v) is 5.92. The van der Waals surface area contributed by atoms with E-state index in [1.165, 1.54) is 0 Å². The Morgan fingerprint density at radius 3 is 2.70 bits per heavy atom. The molecule has 0 atom stereocenters. The third-order valence-corrected chi connectivity index (χ3v) is 1.02. The van der Waals surface area contributed by atoms with Crippen molar-refractivity contribution in [1.82, 2.24) is 0 Å². The summed E-state index contributed by atoms with van der Waals surface area (Å²) in [6, 6.07) is 0. The van der Waals surface area contributed by atoms with Gasteiger partial charge in [0.1, 0.15) is 5.57 Å². The molecular formula is C8H10O2. The number of hydrogen-bond donors (Lipinski definition) is 1. The van der Waals surface area contributed by atoms with Crippen LogP contribution in [0, 0.1) is 12.3 Å². The van der Waals surface area contributed by atoms with Gasteiger partial charge in [0.15, 0.2) is 0 Å². The van der Waals surface area contributed by atoms with Gasteiger partial charge in [0.25, 0.3) is 0 Å². The van der Waals surface area contributed by atoms with Crippen molar-refractivity contribution in [1.29, 1.82) is 0 Å². The van der Waals surface area contributed by atoms with E-state index in [0.717, 1.165) is 12.8 Å². The summed E-state index contributed by atoms with van der Waals surface area (Å²) >= 11 is 0. The third-order valence-electron chi connectivity index (χ3n) is 1.02. The molecule has 0 aliphatic rings. The summed E-state index contributed by atoms with van der Waals surface area (Å²) in [6.07, 6.45) is 8.12. The highest BCUT2D eigenvalue weighted by atomic mass is 16.4. The lowest BCUT2D eigenvalue weighted by Crippen LogP contribution is -1.97. The van der Waals surface area contributed by atoms with Crippen molar-refractivity contribution in [3.8, 4) is 12.3 Å². The summed E-state index contributed by atoms with van der Waals surface area (Å²) < 4.78 is 0. The molecule has 54 valence electrons. The van der Waals surface area contributed by atoms with Crippen LogP contribution < -0.4 is 0 Å².